The lowest BCUT2D eigenvalue weighted by molar-refractivity contribution is -0.149. The van der Waals surface area contributed by atoms with Gasteiger partial charge >= 0.3 is 12.2 Å². The highest BCUT2D eigenvalue weighted by Gasteiger charge is 2.37. The molecule has 1 saturated heterocycles. The van der Waals surface area contributed by atoms with Gasteiger partial charge in [0.05, 0.1) is 10.4 Å². The van der Waals surface area contributed by atoms with E-state index in [-0.39, 0.29) is 23.4 Å². The van der Waals surface area contributed by atoms with Crippen LogP contribution in [0, 0.1) is 11.6 Å². The maximum absolute atomic E-state index is 14.8. The summed E-state index contributed by atoms with van der Waals surface area (Å²) < 4.78 is 68.2. The molecule has 0 saturated carbocycles. The second-order valence-electron chi connectivity index (χ2n) is 7.62. The first kappa shape index (κ1) is 24.4. The number of anilines is 1. The maximum Gasteiger partial charge on any atom is 0.408 e. The average Bonchev–Trinajstić information content (AvgIpc) is 3.19. The first-order valence-electron chi connectivity index (χ1n) is 10.0. The number of amides is 3. The lowest BCUT2D eigenvalue weighted by Gasteiger charge is -2.19. The number of carbonyl (C=O) groups is 2. The number of alkyl halides is 3. The fourth-order valence-electron chi connectivity index (χ4n) is 3.49. The average molecular weight is 516 g/mol. The summed E-state index contributed by atoms with van der Waals surface area (Å²) in [7, 11) is 0. The summed E-state index contributed by atoms with van der Waals surface area (Å²) >= 11 is 6.05. The summed E-state index contributed by atoms with van der Waals surface area (Å²) in [5.74, 6) is -3.51. The van der Waals surface area contributed by atoms with E-state index in [0.29, 0.717) is 19.5 Å². The third-order valence-corrected chi connectivity index (χ3v) is 5.56. The van der Waals surface area contributed by atoms with Crippen LogP contribution in [0.5, 0.6) is 0 Å². The van der Waals surface area contributed by atoms with E-state index in [0.717, 1.165) is 16.8 Å². The van der Waals surface area contributed by atoms with Crippen molar-refractivity contribution in [2.24, 2.45) is 0 Å². The largest absolute Gasteiger partial charge is 0.408 e. The lowest BCUT2D eigenvalue weighted by atomic mass is 10.1. The van der Waals surface area contributed by atoms with Gasteiger partial charge in [-0.05, 0) is 25.1 Å². The first-order chi connectivity index (χ1) is 16.4. The predicted molar refractivity (Wildman–Crippen MR) is 116 cm³/mol. The fraction of sp³-hybridized carbons (Fsp3) is 0.238. The highest BCUT2D eigenvalue weighted by molar-refractivity contribution is 6.32. The van der Waals surface area contributed by atoms with Gasteiger partial charge in [0, 0.05) is 25.4 Å². The van der Waals surface area contributed by atoms with Crippen molar-refractivity contribution in [1.29, 1.82) is 0 Å². The van der Waals surface area contributed by atoms with E-state index < -0.39 is 57.5 Å². The summed E-state index contributed by atoms with van der Waals surface area (Å²) in [6.45, 7) is 1.24. The zero-order chi connectivity index (χ0) is 25.7. The number of aromatic nitrogens is 2. The number of nitrogens with zero attached hydrogens (tertiary/aromatic N) is 3. The van der Waals surface area contributed by atoms with E-state index in [9.17, 15) is 36.3 Å². The molecule has 3 aromatic rings. The molecule has 1 unspecified atom stereocenters. The van der Waals surface area contributed by atoms with Crippen molar-refractivity contribution in [2.45, 2.75) is 19.1 Å². The molecule has 184 valence electrons. The Kier molecular flexibility index (Phi) is 6.13. The number of carbonyl (C=O) groups excluding carboxylic acids is 2. The number of halogens is 6. The number of urea groups is 1. The van der Waals surface area contributed by atoms with Crippen LogP contribution in [0.3, 0.4) is 0 Å². The molecule has 0 spiro atoms. The van der Waals surface area contributed by atoms with Gasteiger partial charge in [-0.1, -0.05) is 11.6 Å². The van der Waals surface area contributed by atoms with E-state index >= 15 is 0 Å². The second kappa shape index (κ2) is 8.80. The van der Waals surface area contributed by atoms with Crippen molar-refractivity contribution in [3.63, 3.8) is 0 Å². The van der Waals surface area contributed by atoms with Crippen LogP contribution in [0.4, 0.5) is 32.6 Å². The smallest absolute Gasteiger partial charge is 0.340 e. The maximum atomic E-state index is 14.8. The number of nitrogens with one attached hydrogen (secondary N) is 2. The molecule has 3 amide bonds. The monoisotopic (exact) mass is 515 g/mol. The fourth-order valence-corrected chi connectivity index (χ4v) is 3.77. The van der Waals surface area contributed by atoms with E-state index in [2.05, 4.69) is 10.3 Å². The van der Waals surface area contributed by atoms with Crippen molar-refractivity contribution < 1.29 is 31.5 Å². The summed E-state index contributed by atoms with van der Waals surface area (Å²) in [5.41, 5.74) is -2.53. The molecule has 1 fully saturated rings. The van der Waals surface area contributed by atoms with Crippen LogP contribution in [-0.2, 0) is 0 Å². The molecule has 3 heterocycles. The molecule has 1 aliphatic heterocycles. The molecule has 1 aromatic carbocycles. The molecule has 4 rings (SSSR count). The molecule has 0 aliphatic carbocycles. The van der Waals surface area contributed by atoms with Crippen molar-refractivity contribution in [3.05, 3.63) is 62.9 Å². The van der Waals surface area contributed by atoms with E-state index in [1.54, 1.807) is 5.32 Å². The van der Waals surface area contributed by atoms with Crippen LogP contribution in [0.1, 0.15) is 17.3 Å². The SMILES string of the molecule is CC(NC(=O)c1cn(-c2c(F)cc(F)cc2Cl)c2nc(N3CCNC3=O)ccc2c1=O)C(F)(F)F. The Morgan fingerprint density at radius 3 is 2.54 bits per heavy atom. The second-order valence-corrected chi connectivity index (χ2v) is 8.03. The van der Waals surface area contributed by atoms with E-state index in [1.165, 1.54) is 17.0 Å². The molecule has 14 heteroatoms. The number of pyridine rings is 2. The van der Waals surface area contributed by atoms with Crippen LogP contribution >= 0.6 is 11.6 Å². The van der Waals surface area contributed by atoms with Gasteiger partial charge in [-0.25, -0.2) is 18.6 Å². The van der Waals surface area contributed by atoms with Gasteiger partial charge in [-0.2, -0.15) is 13.2 Å². The van der Waals surface area contributed by atoms with Crippen molar-refractivity contribution in [3.8, 4) is 5.69 Å². The normalized spacial score (nSPS) is 14.8. The lowest BCUT2D eigenvalue weighted by Crippen LogP contribution is -2.44. The molecular formula is C21H15ClF5N5O3. The molecule has 1 aliphatic rings. The summed E-state index contributed by atoms with van der Waals surface area (Å²) in [5, 5.41) is 3.50. The minimum atomic E-state index is -4.79. The molecule has 35 heavy (non-hydrogen) atoms. The minimum absolute atomic E-state index is 0.0715. The van der Waals surface area contributed by atoms with Crippen molar-refractivity contribution in [2.75, 3.05) is 18.0 Å². The summed E-state index contributed by atoms with van der Waals surface area (Å²) in [6.07, 6.45) is -4.02. The highest BCUT2D eigenvalue weighted by Crippen LogP contribution is 2.29. The third-order valence-electron chi connectivity index (χ3n) is 5.28. The van der Waals surface area contributed by atoms with Gasteiger partial charge in [0.2, 0.25) is 5.43 Å². The summed E-state index contributed by atoms with van der Waals surface area (Å²) in [4.78, 5) is 43.2. The van der Waals surface area contributed by atoms with E-state index in [4.69, 9.17) is 11.6 Å². The third kappa shape index (κ3) is 4.50. The van der Waals surface area contributed by atoms with Crippen LogP contribution < -0.4 is 21.0 Å². The van der Waals surface area contributed by atoms with Crippen LogP contribution in [0.15, 0.2) is 35.3 Å². The summed E-state index contributed by atoms with van der Waals surface area (Å²) in [6, 6.07) is 0.984. The molecule has 1 atom stereocenters. The van der Waals surface area contributed by atoms with Crippen LogP contribution in [0.25, 0.3) is 16.7 Å². The van der Waals surface area contributed by atoms with Crippen molar-refractivity contribution >= 4 is 40.4 Å². The highest BCUT2D eigenvalue weighted by atomic mass is 35.5. The van der Waals surface area contributed by atoms with Crippen LogP contribution in [0.2, 0.25) is 5.02 Å². The zero-order valence-electron chi connectivity index (χ0n) is 17.7. The zero-order valence-corrected chi connectivity index (χ0v) is 18.5. The molecule has 0 radical (unpaired) electrons. The quantitative estimate of drug-likeness (QED) is 0.520. The Labute approximate surface area is 198 Å². The van der Waals surface area contributed by atoms with Gasteiger partial charge in [-0.3, -0.25) is 19.1 Å². The topological polar surface area (TPSA) is 96.3 Å². The van der Waals surface area contributed by atoms with Gasteiger partial charge < -0.3 is 10.6 Å². The standard InChI is InChI=1S/C21H15ClF5N5O3/c1-9(21(25,26)27)29-19(34)12-8-32(16-13(22)6-10(23)7-14(16)24)18-11(17(12)33)2-3-15(30-18)31-5-4-28-20(31)35/h2-3,6-9H,4-5H2,1H3,(H,28,35)(H,29,34). The van der Waals surface area contributed by atoms with Gasteiger partial charge in [0.1, 0.15) is 28.9 Å². The molecule has 0 bridgehead atoms. The predicted octanol–water partition coefficient (Wildman–Crippen LogP) is 3.53. The molecular weight excluding hydrogens is 501 g/mol. The Balaban J connectivity index is 1.98. The van der Waals surface area contributed by atoms with Gasteiger partial charge in [-0.15, -0.1) is 0 Å². The first-order valence-corrected chi connectivity index (χ1v) is 10.4. The Bertz CT molecular complexity index is 1400. The molecule has 2 aromatic heterocycles. The van der Waals surface area contributed by atoms with Gasteiger partial charge in [0.15, 0.2) is 11.5 Å². The van der Waals surface area contributed by atoms with Gasteiger partial charge in [0.25, 0.3) is 5.91 Å². The number of hydrogen-bond acceptors (Lipinski definition) is 4. The van der Waals surface area contributed by atoms with Crippen molar-refractivity contribution in [1.82, 2.24) is 20.2 Å². The minimum Gasteiger partial charge on any atom is -0.340 e. The molecule has 2 N–H and O–H groups in total. The Morgan fingerprint density at radius 2 is 1.94 bits per heavy atom. The van der Waals surface area contributed by atoms with E-state index in [1.807, 2.05) is 0 Å². The molecule has 8 nitrogen and oxygen atoms in total. The Morgan fingerprint density at radius 1 is 1.23 bits per heavy atom. The number of fused-ring (bicyclic) bond motifs is 1. The number of benzene rings is 1. The van der Waals surface area contributed by atoms with Crippen LogP contribution in [-0.4, -0.2) is 46.8 Å². The number of rotatable bonds is 4. The number of hydrogen-bond donors (Lipinski definition) is 2. The Hall–Kier alpha value is -3.74.